The Labute approximate surface area is 208 Å². The average Bonchev–Trinajstić information content (AvgIpc) is 3.25. The second kappa shape index (κ2) is 10.4. The van der Waals surface area contributed by atoms with Crippen LogP contribution in [0.4, 0.5) is 5.69 Å². The maximum Gasteiger partial charge on any atom is 0.310 e. The third-order valence-corrected chi connectivity index (χ3v) is 7.21. The highest BCUT2D eigenvalue weighted by Crippen LogP contribution is 2.29. The summed E-state index contributed by atoms with van der Waals surface area (Å²) in [6.07, 6.45) is 1.82. The number of para-hydroxylation sites is 1. The number of nitrogens with one attached hydrogen (secondary N) is 1. The fraction of sp³-hybridized carbons (Fsp3) is 0.154. The van der Waals surface area contributed by atoms with Gasteiger partial charge in [0.2, 0.25) is 0 Å². The van der Waals surface area contributed by atoms with E-state index in [1.807, 2.05) is 43.3 Å². The zero-order valence-electron chi connectivity index (χ0n) is 18.7. The lowest BCUT2D eigenvalue weighted by molar-refractivity contribution is -0.142. The predicted octanol–water partition coefficient (Wildman–Crippen LogP) is 5.64. The van der Waals surface area contributed by atoms with Crippen LogP contribution < -0.4 is 5.32 Å². The topological polar surface area (TPSA) is 77.4 Å². The van der Waals surface area contributed by atoms with Gasteiger partial charge in [-0.05, 0) is 71.7 Å². The highest BCUT2D eigenvalue weighted by atomic mass is 79.9. The van der Waals surface area contributed by atoms with Gasteiger partial charge in [0.25, 0.3) is 5.91 Å². The highest BCUT2D eigenvalue weighted by molar-refractivity contribution is 9.10. The summed E-state index contributed by atoms with van der Waals surface area (Å²) in [5.74, 6) is -0.664. The Morgan fingerprint density at radius 2 is 1.79 bits per heavy atom. The van der Waals surface area contributed by atoms with Gasteiger partial charge in [-0.3, -0.25) is 13.6 Å². The first kappa shape index (κ1) is 23.9. The molecule has 1 atom stereocenters. The van der Waals surface area contributed by atoms with Crippen molar-refractivity contribution in [3.8, 4) is 0 Å². The van der Waals surface area contributed by atoms with Gasteiger partial charge >= 0.3 is 5.97 Å². The number of rotatable bonds is 7. The van der Waals surface area contributed by atoms with Crippen molar-refractivity contribution in [3.63, 3.8) is 0 Å². The lowest BCUT2D eigenvalue weighted by atomic mass is 10.1. The van der Waals surface area contributed by atoms with E-state index in [4.69, 9.17) is 4.74 Å². The third kappa shape index (κ3) is 5.13. The number of ether oxygens (including phenoxy) is 1. The van der Waals surface area contributed by atoms with Crippen LogP contribution in [-0.4, -0.2) is 26.7 Å². The maximum atomic E-state index is 13.2. The zero-order chi connectivity index (χ0) is 24.2. The van der Waals surface area contributed by atoms with Crippen LogP contribution >= 0.6 is 15.9 Å². The molecule has 0 radical (unpaired) electrons. The van der Waals surface area contributed by atoms with Crippen molar-refractivity contribution in [2.75, 3.05) is 11.9 Å². The van der Waals surface area contributed by atoms with E-state index in [2.05, 4.69) is 21.2 Å². The van der Waals surface area contributed by atoms with Crippen LogP contribution in [0.2, 0.25) is 0 Å². The second-order valence-electron chi connectivity index (χ2n) is 7.69. The zero-order valence-corrected chi connectivity index (χ0v) is 21.1. The number of amides is 1. The number of nitrogens with zero attached hydrogens (tertiary/aromatic N) is 1. The van der Waals surface area contributed by atoms with Crippen LogP contribution in [0.15, 0.2) is 82.3 Å². The Bertz CT molecular complexity index is 1400. The standard InChI is InChI=1S/C26H23BrN2O4S/c1-3-33-24(30)16-18-6-4-5-7-23(18)28-26(31)20-14-19-12-13-29(25(19)22(27)15-20)34(32)21-10-8-17(2)9-11-21/h4-15H,3,16H2,1-2H3,(H,28,31). The van der Waals surface area contributed by atoms with Gasteiger partial charge in [-0.25, -0.2) is 4.21 Å². The molecule has 1 unspecified atom stereocenters. The minimum Gasteiger partial charge on any atom is -0.466 e. The number of halogens is 1. The SMILES string of the molecule is CCOC(=O)Cc1ccccc1NC(=O)c1cc(Br)c2c(ccn2S(=O)c2ccc(C)cc2)c1. The van der Waals surface area contributed by atoms with Gasteiger partial charge in [-0.1, -0.05) is 35.9 Å². The number of hydrogen-bond donors (Lipinski definition) is 1. The Hall–Kier alpha value is -3.23. The molecule has 4 aromatic rings. The molecule has 1 N–H and O–H groups in total. The van der Waals surface area contributed by atoms with E-state index in [0.717, 1.165) is 16.5 Å². The molecule has 0 fully saturated rings. The van der Waals surface area contributed by atoms with Gasteiger partial charge in [0.05, 0.1) is 23.4 Å². The minimum atomic E-state index is -1.43. The molecule has 6 nitrogen and oxygen atoms in total. The summed E-state index contributed by atoms with van der Waals surface area (Å²) in [7, 11) is -1.43. The van der Waals surface area contributed by atoms with Crippen molar-refractivity contribution in [3.05, 3.63) is 94.1 Å². The smallest absolute Gasteiger partial charge is 0.310 e. The first-order valence-electron chi connectivity index (χ1n) is 10.7. The molecule has 1 heterocycles. The Morgan fingerprint density at radius 1 is 1.06 bits per heavy atom. The van der Waals surface area contributed by atoms with Crippen LogP contribution in [0.25, 0.3) is 10.9 Å². The molecular formula is C26H23BrN2O4S. The highest BCUT2D eigenvalue weighted by Gasteiger charge is 2.17. The Kier molecular flexibility index (Phi) is 7.29. The summed E-state index contributed by atoms with van der Waals surface area (Å²) in [6, 6.07) is 20.0. The molecule has 0 aliphatic carbocycles. The summed E-state index contributed by atoms with van der Waals surface area (Å²) in [5.41, 5.74) is 3.49. The summed E-state index contributed by atoms with van der Waals surface area (Å²) in [6.45, 7) is 4.04. The number of carbonyl (C=O) groups excluding carboxylic acids is 2. The molecule has 1 amide bonds. The molecule has 1 aromatic heterocycles. The molecule has 8 heteroatoms. The fourth-order valence-electron chi connectivity index (χ4n) is 3.60. The average molecular weight is 539 g/mol. The lowest BCUT2D eigenvalue weighted by Crippen LogP contribution is -2.15. The van der Waals surface area contributed by atoms with Crippen molar-refractivity contribution in [2.45, 2.75) is 25.2 Å². The van der Waals surface area contributed by atoms with Gasteiger partial charge in [0.15, 0.2) is 11.0 Å². The quantitative estimate of drug-likeness (QED) is 0.309. The van der Waals surface area contributed by atoms with Gasteiger partial charge in [0.1, 0.15) is 0 Å². The van der Waals surface area contributed by atoms with Gasteiger partial charge in [-0.15, -0.1) is 0 Å². The number of anilines is 1. The minimum absolute atomic E-state index is 0.0701. The van der Waals surface area contributed by atoms with E-state index in [1.54, 1.807) is 47.4 Å². The van der Waals surface area contributed by atoms with Crippen LogP contribution in [0.1, 0.15) is 28.4 Å². The van der Waals surface area contributed by atoms with Gasteiger partial charge in [-0.2, -0.15) is 0 Å². The Balaban J connectivity index is 1.61. The molecule has 34 heavy (non-hydrogen) atoms. The number of benzene rings is 3. The van der Waals surface area contributed by atoms with Gasteiger partial charge < -0.3 is 10.1 Å². The number of aromatic nitrogens is 1. The number of aryl methyl sites for hydroxylation is 1. The summed E-state index contributed by atoms with van der Waals surface area (Å²) in [5, 5.41) is 3.67. The molecule has 0 aliphatic rings. The third-order valence-electron chi connectivity index (χ3n) is 5.27. The van der Waals surface area contributed by atoms with Crippen molar-refractivity contribution in [1.29, 1.82) is 0 Å². The molecule has 174 valence electrons. The van der Waals surface area contributed by atoms with E-state index >= 15 is 0 Å². The van der Waals surface area contributed by atoms with E-state index in [1.165, 1.54) is 0 Å². The summed E-state index contributed by atoms with van der Waals surface area (Å²) < 4.78 is 20.5. The first-order valence-corrected chi connectivity index (χ1v) is 12.6. The van der Waals surface area contributed by atoms with E-state index in [-0.39, 0.29) is 18.3 Å². The largest absolute Gasteiger partial charge is 0.466 e. The predicted molar refractivity (Wildman–Crippen MR) is 137 cm³/mol. The lowest BCUT2D eigenvalue weighted by Gasteiger charge is -2.12. The fourth-order valence-corrected chi connectivity index (χ4v) is 5.52. The monoisotopic (exact) mass is 538 g/mol. The van der Waals surface area contributed by atoms with E-state index in [0.29, 0.717) is 32.8 Å². The second-order valence-corrected chi connectivity index (χ2v) is 9.91. The number of esters is 1. The van der Waals surface area contributed by atoms with Crippen LogP contribution in [-0.2, 0) is 26.9 Å². The molecule has 0 bridgehead atoms. The molecule has 0 aliphatic heterocycles. The number of hydrogen-bond acceptors (Lipinski definition) is 4. The molecule has 4 rings (SSSR count). The molecule has 0 spiro atoms. The van der Waals surface area contributed by atoms with Gasteiger partial charge in [0, 0.05) is 27.3 Å². The van der Waals surface area contributed by atoms with Crippen LogP contribution in [0.3, 0.4) is 0 Å². The maximum absolute atomic E-state index is 13.2. The molecule has 3 aromatic carbocycles. The normalized spacial score (nSPS) is 11.9. The van der Waals surface area contributed by atoms with Crippen molar-refractivity contribution < 1.29 is 18.5 Å². The summed E-state index contributed by atoms with van der Waals surface area (Å²) >= 11 is 3.55. The van der Waals surface area contributed by atoms with E-state index < -0.39 is 11.0 Å². The van der Waals surface area contributed by atoms with Crippen LogP contribution in [0.5, 0.6) is 0 Å². The van der Waals surface area contributed by atoms with Crippen LogP contribution in [0, 0.1) is 6.92 Å². The van der Waals surface area contributed by atoms with Crippen molar-refractivity contribution in [1.82, 2.24) is 3.97 Å². The van der Waals surface area contributed by atoms with Crippen molar-refractivity contribution >= 4 is 55.4 Å². The first-order chi connectivity index (χ1) is 16.4. The molecule has 0 saturated carbocycles. The van der Waals surface area contributed by atoms with E-state index in [9.17, 15) is 13.8 Å². The summed E-state index contributed by atoms with van der Waals surface area (Å²) in [4.78, 5) is 25.7. The Morgan fingerprint density at radius 3 is 2.53 bits per heavy atom. The number of carbonyl (C=O) groups is 2. The van der Waals surface area contributed by atoms with Crippen molar-refractivity contribution in [2.24, 2.45) is 0 Å². The number of fused-ring (bicyclic) bond motifs is 1. The molecular weight excluding hydrogens is 516 g/mol. The molecule has 0 saturated heterocycles.